The van der Waals surface area contributed by atoms with E-state index in [0.29, 0.717) is 13.0 Å². The fourth-order valence-electron chi connectivity index (χ4n) is 0.999. The minimum Gasteiger partial charge on any atom is -0.386 e. The molecule has 0 amide bonds. The molecule has 1 fully saturated rings. The molecule has 0 aromatic rings. The Kier molecular flexibility index (Phi) is 2.62. The lowest BCUT2D eigenvalue weighted by molar-refractivity contribution is -0.206. The van der Waals surface area contributed by atoms with Crippen LogP contribution in [-0.4, -0.2) is 37.3 Å². The second-order valence-corrected chi connectivity index (χ2v) is 2.42. The molecule has 0 spiro atoms. The number of aliphatic hydroxyl groups is 1. The predicted octanol–water partition coefficient (Wildman–Crippen LogP) is -0.933. The van der Waals surface area contributed by atoms with Crippen LogP contribution in [0.2, 0.25) is 0 Å². The van der Waals surface area contributed by atoms with Crippen molar-refractivity contribution < 1.29 is 14.6 Å². The molecular weight excluding hydrogens is 134 g/mol. The number of nitrogens with two attached hydrogens (primary N) is 1. The lowest BCUT2D eigenvalue weighted by atomic mass is 10.1. The van der Waals surface area contributed by atoms with E-state index in [2.05, 4.69) is 0 Å². The molecule has 1 aliphatic rings. The highest BCUT2D eigenvalue weighted by Gasteiger charge is 2.29. The number of aliphatic hydroxyl groups excluding tert-OH is 1. The van der Waals surface area contributed by atoms with Gasteiger partial charge in [-0.1, -0.05) is 0 Å². The first-order valence-corrected chi connectivity index (χ1v) is 3.33. The summed E-state index contributed by atoms with van der Waals surface area (Å²) < 4.78 is 9.88. The highest BCUT2D eigenvalue weighted by atomic mass is 16.7. The maximum absolute atomic E-state index is 9.26. The second kappa shape index (κ2) is 3.30. The Morgan fingerprint density at radius 1 is 1.70 bits per heavy atom. The van der Waals surface area contributed by atoms with Crippen LogP contribution in [0.15, 0.2) is 0 Å². The molecule has 0 aliphatic carbocycles. The smallest absolute Gasteiger partial charge is 0.184 e. The molecular formula is C6H13NO3. The minimum atomic E-state index is -0.682. The zero-order chi connectivity index (χ0) is 7.56. The lowest BCUT2D eigenvalue weighted by Gasteiger charge is -2.31. The molecule has 60 valence electrons. The Bertz CT molecular complexity index is 109. The second-order valence-electron chi connectivity index (χ2n) is 2.42. The molecule has 1 heterocycles. The SMILES string of the molecule is CO[C@H]1OCC[C@@H](N)[C@H]1O. The van der Waals surface area contributed by atoms with Crippen LogP contribution >= 0.6 is 0 Å². The molecule has 0 aromatic heterocycles. The van der Waals surface area contributed by atoms with E-state index < -0.39 is 12.4 Å². The first-order chi connectivity index (χ1) is 4.75. The molecule has 3 atom stereocenters. The van der Waals surface area contributed by atoms with Gasteiger partial charge in [-0.2, -0.15) is 0 Å². The van der Waals surface area contributed by atoms with Crippen molar-refractivity contribution in [3.05, 3.63) is 0 Å². The fourth-order valence-corrected chi connectivity index (χ4v) is 0.999. The van der Waals surface area contributed by atoms with Crippen LogP contribution in [0.25, 0.3) is 0 Å². The van der Waals surface area contributed by atoms with Crippen LogP contribution in [0.1, 0.15) is 6.42 Å². The number of hydrogen-bond acceptors (Lipinski definition) is 4. The monoisotopic (exact) mass is 147 g/mol. The van der Waals surface area contributed by atoms with Gasteiger partial charge in [0, 0.05) is 13.2 Å². The largest absolute Gasteiger partial charge is 0.386 e. The van der Waals surface area contributed by atoms with Gasteiger partial charge in [0.15, 0.2) is 6.29 Å². The van der Waals surface area contributed by atoms with E-state index in [1.165, 1.54) is 7.11 Å². The van der Waals surface area contributed by atoms with Gasteiger partial charge >= 0.3 is 0 Å². The topological polar surface area (TPSA) is 64.7 Å². The summed E-state index contributed by atoms with van der Waals surface area (Å²) in [6.45, 7) is 0.566. The molecule has 0 bridgehead atoms. The molecule has 1 aliphatic heterocycles. The van der Waals surface area contributed by atoms with Gasteiger partial charge < -0.3 is 20.3 Å². The molecule has 0 aromatic carbocycles. The minimum absolute atomic E-state index is 0.210. The van der Waals surface area contributed by atoms with E-state index in [4.69, 9.17) is 15.2 Å². The summed E-state index contributed by atoms with van der Waals surface area (Å²) in [5, 5.41) is 9.26. The molecule has 4 nitrogen and oxygen atoms in total. The van der Waals surface area contributed by atoms with Crippen LogP contribution in [0.3, 0.4) is 0 Å². The standard InChI is InChI=1S/C6H13NO3/c1-9-6-5(8)4(7)2-3-10-6/h4-6,8H,2-3,7H2,1H3/t4-,5-,6+/m1/s1. The van der Waals surface area contributed by atoms with Gasteiger partial charge in [-0.25, -0.2) is 0 Å². The third kappa shape index (κ3) is 1.46. The average Bonchev–Trinajstić information content (AvgIpc) is 1.95. The van der Waals surface area contributed by atoms with Crippen molar-refractivity contribution in [3.8, 4) is 0 Å². The van der Waals surface area contributed by atoms with Crippen LogP contribution < -0.4 is 5.73 Å². The van der Waals surface area contributed by atoms with Gasteiger partial charge in [-0.15, -0.1) is 0 Å². The number of methoxy groups -OCH3 is 1. The molecule has 1 saturated heterocycles. The van der Waals surface area contributed by atoms with Gasteiger partial charge in [0.05, 0.1) is 6.61 Å². The first-order valence-electron chi connectivity index (χ1n) is 3.33. The highest BCUT2D eigenvalue weighted by molar-refractivity contribution is 4.78. The van der Waals surface area contributed by atoms with E-state index in [9.17, 15) is 5.11 Å². The number of rotatable bonds is 1. The van der Waals surface area contributed by atoms with Crippen molar-refractivity contribution in [1.29, 1.82) is 0 Å². The van der Waals surface area contributed by atoms with Gasteiger partial charge in [-0.3, -0.25) is 0 Å². The summed E-state index contributed by atoms with van der Waals surface area (Å²) in [5.74, 6) is 0. The van der Waals surface area contributed by atoms with Crippen molar-refractivity contribution in [3.63, 3.8) is 0 Å². The number of hydrogen-bond donors (Lipinski definition) is 2. The molecule has 0 radical (unpaired) electrons. The van der Waals surface area contributed by atoms with Crippen LogP contribution in [0, 0.1) is 0 Å². The summed E-state index contributed by atoms with van der Waals surface area (Å²) in [5.41, 5.74) is 5.53. The molecule has 0 saturated carbocycles. The van der Waals surface area contributed by atoms with Crippen molar-refractivity contribution in [2.24, 2.45) is 5.73 Å². The molecule has 1 rings (SSSR count). The Labute approximate surface area is 59.9 Å². The normalized spacial score (nSPS) is 41.7. The summed E-state index contributed by atoms with van der Waals surface area (Å²) in [6.07, 6.45) is -0.524. The van der Waals surface area contributed by atoms with Gasteiger partial charge in [0.25, 0.3) is 0 Å². The van der Waals surface area contributed by atoms with Crippen LogP contribution in [0.5, 0.6) is 0 Å². The van der Waals surface area contributed by atoms with E-state index in [1.54, 1.807) is 0 Å². The zero-order valence-electron chi connectivity index (χ0n) is 5.99. The Balaban J connectivity index is 2.42. The van der Waals surface area contributed by atoms with Crippen molar-refractivity contribution in [1.82, 2.24) is 0 Å². The maximum atomic E-state index is 9.26. The quantitative estimate of drug-likeness (QED) is 0.503. The molecule has 10 heavy (non-hydrogen) atoms. The van der Waals surface area contributed by atoms with Crippen molar-refractivity contribution in [2.75, 3.05) is 13.7 Å². The summed E-state index contributed by atoms with van der Waals surface area (Å²) in [4.78, 5) is 0. The number of ether oxygens (including phenoxy) is 2. The molecule has 0 unspecified atom stereocenters. The summed E-state index contributed by atoms with van der Waals surface area (Å²) in [6, 6.07) is -0.210. The third-order valence-corrected chi connectivity index (χ3v) is 1.68. The van der Waals surface area contributed by atoms with E-state index in [-0.39, 0.29) is 6.04 Å². The Hall–Kier alpha value is -0.160. The summed E-state index contributed by atoms with van der Waals surface area (Å²) >= 11 is 0. The predicted molar refractivity (Wildman–Crippen MR) is 35.3 cm³/mol. The van der Waals surface area contributed by atoms with Gasteiger partial charge in [0.2, 0.25) is 0 Å². The molecule has 4 heteroatoms. The van der Waals surface area contributed by atoms with E-state index in [0.717, 1.165) is 0 Å². The maximum Gasteiger partial charge on any atom is 0.184 e. The first kappa shape index (κ1) is 7.94. The summed E-state index contributed by atoms with van der Waals surface area (Å²) in [7, 11) is 1.49. The van der Waals surface area contributed by atoms with E-state index in [1.807, 2.05) is 0 Å². The Morgan fingerprint density at radius 3 is 2.90 bits per heavy atom. The Morgan fingerprint density at radius 2 is 2.40 bits per heavy atom. The highest BCUT2D eigenvalue weighted by Crippen LogP contribution is 2.12. The van der Waals surface area contributed by atoms with Crippen molar-refractivity contribution >= 4 is 0 Å². The van der Waals surface area contributed by atoms with Crippen molar-refractivity contribution in [2.45, 2.75) is 24.9 Å². The zero-order valence-corrected chi connectivity index (χ0v) is 5.99. The van der Waals surface area contributed by atoms with Crippen LogP contribution in [-0.2, 0) is 9.47 Å². The lowest BCUT2D eigenvalue weighted by Crippen LogP contribution is -2.49. The van der Waals surface area contributed by atoms with E-state index >= 15 is 0 Å². The van der Waals surface area contributed by atoms with Gasteiger partial charge in [0.1, 0.15) is 6.10 Å². The average molecular weight is 147 g/mol. The molecule has 3 N–H and O–H groups in total. The third-order valence-electron chi connectivity index (χ3n) is 1.68. The fraction of sp³-hybridized carbons (Fsp3) is 1.00. The van der Waals surface area contributed by atoms with Gasteiger partial charge in [-0.05, 0) is 6.42 Å². The van der Waals surface area contributed by atoms with Crippen LogP contribution in [0.4, 0.5) is 0 Å².